The molecular weight excluding hydrogens is 224 g/mol. The third-order valence-corrected chi connectivity index (χ3v) is 3.14. The summed E-state index contributed by atoms with van der Waals surface area (Å²) in [5, 5.41) is 3.03. The molecule has 3 N–H and O–H groups in total. The van der Waals surface area contributed by atoms with Crippen LogP contribution in [0.25, 0.3) is 0 Å². The second-order valence-corrected chi connectivity index (χ2v) is 5.72. The molecule has 0 radical (unpaired) electrons. The van der Waals surface area contributed by atoms with E-state index in [2.05, 4.69) is 12.2 Å². The normalized spacial score (nSPS) is 14.9. The summed E-state index contributed by atoms with van der Waals surface area (Å²) in [7, 11) is 0. The van der Waals surface area contributed by atoms with Crippen LogP contribution in [0.3, 0.4) is 0 Å². The second kappa shape index (κ2) is 6.01. The third kappa shape index (κ3) is 3.84. The maximum Gasteiger partial charge on any atom is 0.237 e. The minimum absolute atomic E-state index is 0.0344. The van der Waals surface area contributed by atoms with Crippen LogP contribution in [0.15, 0.2) is 30.3 Å². The summed E-state index contributed by atoms with van der Waals surface area (Å²) >= 11 is 0. The van der Waals surface area contributed by atoms with E-state index in [9.17, 15) is 4.79 Å². The lowest BCUT2D eigenvalue weighted by Gasteiger charge is -2.28. The predicted octanol–water partition coefficient (Wildman–Crippen LogP) is 2.63. The van der Waals surface area contributed by atoms with Crippen LogP contribution in [-0.2, 0) is 4.79 Å². The topological polar surface area (TPSA) is 55.1 Å². The van der Waals surface area contributed by atoms with E-state index in [1.54, 1.807) is 0 Å². The summed E-state index contributed by atoms with van der Waals surface area (Å²) in [6.45, 7) is 7.97. The molecule has 0 aliphatic carbocycles. The minimum atomic E-state index is -0.490. The van der Waals surface area contributed by atoms with Gasteiger partial charge in [0, 0.05) is 0 Å². The monoisotopic (exact) mass is 248 g/mol. The number of carbonyl (C=O) groups excluding carboxylic acids is 1. The van der Waals surface area contributed by atoms with Gasteiger partial charge in [0.25, 0.3) is 0 Å². The van der Waals surface area contributed by atoms with Crippen LogP contribution in [-0.4, -0.2) is 11.9 Å². The Bertz CT molecular complexity index is 381. The van der Waals surface area contributed by atoms with Gasteiger partial charge in [-0.15, -0.1) is 0 Å². The fraction of sp³-hybridized carbons (Fsp3) is 0.533. The van der Waals surface area contributed by atoms with Crippen molar-refractivity contribution in [1.82, 2.24) is 5.32 Å². The summed E-state index contributed by atoms with van der Waals surface area (Å²) in [4.78, 5) is 12.1. The molecule has 0 aliphatic rings. The Morgan fingerprint density at radius 2 is 1.83 bits per heavy atom. The van der Waals surface area contributed by atoms with Crippen molar-refractivity contribution >= 4 is 5.91 Å². The first-order chi connectivity index (χ1) is 8.36. The van der Waals surface area contributed by atoms with Gasteiger partial charge in [0.1, 0.15) is 0 Å². The van der Waals surface area contributed by atoms with Crippen LogP contribution in [0.4, 0.5) is 0 Å². The molecule has 1 aromatic rings. The molecule has 0 heterocycles. The van der Waals surface area contributed by atoms with E-state index in [0.717, 1.165) is 12.0 Å². The fourth-order valence-electron chi connectivity index (χ4n) is 1.76. The Balaban J connectivity index is 2.73. The van der Waals surface area contributed by atoms with Gasteiger partial charge in [0.05, 0.1) is 12.1 Å². The van der Waals surface area contributed by atoms with Crippen LogP contribution >= 0.6 is 0 Å². The molecule has 3 nitrogen and oxygen atoms in total. The number of hydrogen-bond donors (Lipinski definition) is 2. The van der Waals surface area contributed by atoms with Gasteiger partial charge in [-0.1, -0.05) is 58.0 Å². The van der Waals surface area contributed by atoms with E-state index < -0.39 is 6.04 Å². The van der Waals surface area contributed by atoms with Gasteiger partial charge in [0.2, 0.25) is 5.91 Å². The molecule has 1 unspecified atom stereocenters. The molecule has 0 saturated heterocycles. The van der Waals surface area contributed by atoms with Crippen LogP contribution < -0.4 is 11.1 Å². The number of carbonyl (C=O) groups is 1. The number of nitrogens with two attached hydrogens (primary N) is 1. The lowest BCUT2D eigenvalue weighted by atomic mass is 9.86. The molecule has 0 saturated carbocycles. The number of amides is 1. The number of hydrogen-bond acceptors (Lipinski definition) is 2. The zero-order chi connectivity index (χ0) is 13.8. The van der Waals surface area contributed by atoms with Gasteiger partial charge in [-0.3, -0.25) is 4.79 Å². The highest BCUT2D eigenvalue weighted by molar-refractivity contribution is 5.82. The van der Waals surface area contributed by atoms with Crippen LogP contribution in [0.5, 0.6) is 0 Å². The van der Waals surface area contributed by atoms with Gasteiger partial charge in [-0.2, -0.15) is 0 Å². The summed E-state index contributed by atoms with van der Waals surface area (Å²) in [6, 6.07) is 9.52. The lowest BCUT2D eigenvalue weighted by Crippen LogP contribution is -2.49. The zero-order valence-electron chi connectivity index (χ0n) is 11.7. The zero-order valence-corrected chi connectivity index (χ0v) is 11.7. The molecule has 1 amide bonds. The summed E-state index contributed by atoms with van der Waals surface area (Å²) < 4.78 is 0. The number of benzene rings is 1. The van der Waals surface area contributed by atoms with Crippen molar-refractivity contribution in [2.75, 3.05) is 0 Å². The van der Waals surface area contributed by atoms with Gasteiger partial charge < -0.3 is 11.1 Å². The Hall–Kier alpha value is -1.35. The van der Waals surface area contributed by atoms with Crippen molar-refractivity contribution in [3.63, 3.8) is 0 Å². The van der Waals surface area contributed by atoms with Crippen LogP contribution in [0.1, 0.15) is 45.7 Å². The highest BCUT2D eigenvalue weighted by atomic mass is 16.2. The summed E-state index contributed by atoms with van der Waals surface area (Å²) in [5.74, 6) is -0.0850. The first-order valence-electron chi connectivity index (χ1n) is 6.47. The summed E-state index contributed by atoms with van der Waals surface area (Å²) in [6.07, 6.45) is 0.854. The quantitative estimate of drug-likeness (QED) is 0.860. The standard InChI is InChI=1S/C15H24N2O/c1-5-12(11-9-7-6-8-10-11)17-14(18)13(16)15(2,3)4/h6-10,12-13H,5,16H2,1-4H3,(H,17,18)/t12?,13-/m1/s1. The second-order valence-electron chi connectivity index (χ2n) is 5.72. The van der Waals surface area contributed by atoms with E-state index in [0.29, 0.717) is 0 Å². The highest BCUT2D eigenvalue weighted by Crippen LogP contribution is 2.20. The average Bonchev–Trinajstić information content (AvgIpc) is 2.34. The van der Waals surface area contributed by atoms with E-state index in [1.165, 1.54) is 0 Å². The molecule has 0 fully saturated rings. The maximum absolute atomic E-state index is 12.1. The van der Waals surface area contributed by atoms with E-state index in [1.807, 2.05) is 51.1 Å². The molecule has 0 aliphatic heterocycles. The Morgan fingerprint density at radius 1 is 1.28 bits per heavy atom. The fourth-order valence-corrected chi connectivity index (χ4v) is 1.76. The largest absolute Gasteiger partial charge is 0.348 e. The number of rotatable bonds is 4. The molecular formula is C15H24N2O. The van der Waals surface area contributed by atoms with Gasteiger partial charge in [-0.05, 0) is 17.4 Å². The minimum Gasteiger partial charge on any atom is -0.348 e. The lowest BCUT2D eigenvalue weighted by molar-refractivity contribution is -0.125. The molecule has 100 valence electrons. The maximum atomic E-state index is 12.1. The van der Waals surface area contributed by atoms with Crippen molar-refractivity contribution in [3.8, 4) is 0 Å². The smallest absolute Gasteiger partial charge is 0.237 e. The molecule has 3 heteroatoms. The SMILES string of the molecule is CCC(NC(=O)[C@@H](N)C(C)(C)C)c1ccccc1. The Morgan fingerprint density at radius 3 is 2.28 bits per heavy atom. The summed E-state index contributed by atoms with van der Waals surface area (Å²) in [5.41, 5.74) is 6.86. The van der Waals surface area contributed by atoms with Gasteiger partial charge >= 0.3 is 0 Å². The Kier molecular flexibility index (Phi) is 4.91. The first kappa shape index (κ1) is 14.7. The van der Waals surface area contributed by atoms with Crippen LogP contribution in [0, 0.1) is 5.41 Å². The predicted molar refractivity (Wildman–Crippen MR) is 75.0 cm³/mol. The molecule has 1 rings (SSSR count). The van der Waals surface area contributed by atoms with E-state index in [-0.39, 0.29) is 17.4 Å². The van der Waals surface area contributed by atoms with E-state index >= 15 is 0 Å². The average molecular weight is 248 g/mol. The highest BCUT2D eigenvalue weighted by Gasteiger charge is 2.28. The third-order valence-electron chi connectivity index (χ3n) is 3.14. The van der Waals surface area contributed by atoms with Crippen LogP contribution in [0.2, 0.25) is 0 Å². The molecule has 0 bridgehead atoms. The molecule has 0 spiro atoms. The van der Waals surface area contributed by atoms with Gasteiger partial charge in [-0.25, -0.2) is 0 Å². The Labute approximate surface area is 110 Å². The van der Waals surface area contributed by atoms with Crippen molar-refractivity contribution < 1.29 is 4.79 Å². The molecule has 18 heavy (non-hydrogen) atoms. The van der Waals surface area contributed by atoms with Crippen molar-refractivity contribution in [2.45, 2.75) is 46.2 Å². The first-order valence-corrected chi connectivity index (χ1v) is 6.47. The van der Waals surface area contributed by atoms with Gasteiger partial charge in [0.15, 0.2) is 0 Å². The van der Waals surface area contributed by atoms with Crippen molar-refractivity contribution in [1.29, 1.82) is 0 Å². The van der Waals surface area contributed by atoms with Crippen molar-refractivity contribution in [2.24, 2.45) is 11.1 Å². The number of nitrogens with one attached hydrogen (secondary N) is 1. The molecule has 2 atom stereocenters. The molecule has 1 aromatic carbocycles. The van der Waals surface area contributed by atoms with E-state index in [4.69, 9.17) is 5.73 Å². The molecule has 0 aromatic heterocycles. The van der Waals surface area contributed by atoms with Crippen molar-refractivity contribution in [3.05, 3.63) is 35.9 Å².